The van der Waals surface area contributed by atoms with Gasteiger partial charge in [-0.2, -0.15) is 0 Å². The van der Waals surface area contributed by atoms with Crippen LogP contribution in [0.5, 0.6) is 0 Å². The van der Waals surface area contributed by atoms with Gasteiger partial charge in [0.1, 0.15) is 5.84 Å². The average molecular weight is 167 g/mol. The third kappa shape index (κ3) is 2.34. The molecule has 0 unspecified atom stereocenters. The van der Waals surface area contributed by atoms with Crippen LogP contribution in [0.25, 0.3) is 0 Å². The maximum absolute atomic E-state index is 4.21. The maximum atomic E-state index is 4.21. The summed E-state index contributed by atoms with van der Waals surface area (Å²) >= 11 is 0. The third-order valence-corrected chi connectivity index (χ3v) is 2.22. The van der Waals surface area contributed by atoms with Gasteiger partial charge in [-0.1, -0.05) is 6.58 Å². The Morgan fingerprint density at radius 3 is 2.75 bits per heavy atom. The predicted octanol–water partition coefficient (Wildman–Crippen LogP) is 0.747. The van der Waals surface area contributed by atoms with E-state index in [4.69, 9.17) is 0 Å². The van der Waals surface area contributed by atoms with Crippen LogP contribution in [0, 0.1) is 5.92 Å². The second kappa shape index (κ2) is 4.93. The summed E-state index contributed by atoms with van der Waals surface area (Å²) in [5.41, 5.74) is 0. The van der Waals surface area contributed by atoms with E-state index >= 15 is 0 Å². The Kier molecular flexibility index (Phi) is 3.80. The fourth-order valence-corrected chi connectivity index (χ4v) is 1.56. The molecular formula is C9H17N3. The molecule has 1 rings (SSSR count). The fraction of sp³-hybridized carbons (Fsp3) is 0.667. The molecule has 1 saturated heterocycles. The van der Waals surface area contributed by atoms with Crippen LogP contribution in [-0.4, -0.2) is 26.0 Å². The normalized spacial score (nSPS) is 20.6. The smallest absolute Gasteiger partial charge is 0.103 e. The lowest BCUT2D eigenvalue weighted by molar-refractivity contribution is 0.451. The van der Waals surface area contributed by atoms with Crippen molar-refractivity contribution in [2.45, 2.75) is 12.8 Å². The number of nitrogens with one attached hydrogen (secondary N) is 2. The minimum absolute atomic E-state index is 0.592. The minimum atomic E-state index is 0.592. The Bertz CT molecular complexity index is 169. The molecule has 1 aliphatic heterocycles. The molecule has 0 aromatic heterocycles. The van der Waals surface area contributed by atoms with E-state index in [2.05, 4.69) is 22.2 Å². The first-order valence-electron chi connectivity index (χ1n) is 4.43. The van der Waals surface area contributed by atoms with Gasteiger partial charge in [-0.25, -0.2) is 0 Å². The van der Waals surface area contributed by atoms with E-state index in [9.17, 15) is 0 Å². The number of hydrogen-bond acceptors (Lipinski definition) is 2. The number of nitrogens with zero attached hydrogens (tertiary/aromatic N) is 1. The summed E-state index contributed by atoms with van der Waals surface area (Å²) in [6.07, 6.45) is 4.05. The average Bonchev–Trinajstić information content (AvgIpc) is 2.15. The lowest BCUT2D eigenvalue weighted by Gasteiger charge is -2.23. The van der Waals surface area contributed by atoms with Crippen LogP contribution in [0.3, 0.4) is 0 Å². The van der Waals surface area contributed by atoms with E-state index in [0.29, 0.717) is 5.92 Å². The summed E-state index contributed by atoms with van der Waals surface area (Å²) in [5, 5.41) is 6.42. The van der Waals surface area contributed by atoms with Crippen LogP contribution in [0.15, 0.2) is 17.8 Å². The maximum Gasteiger partial charge on any atom is 0.103 e. The van der Waals surface area contributed by atoms with E-state index in [1.54, 1.807) is 6.20 Å². The molecule has 12 heavy (non-hydrogen) atoms. The molecule has 0 aromatic carbocycles. The molecule has 2 N–H and O–H groups in total. The van der Waals surface area contributed by atoms with E-state index in [-0.39, 0.29) is 0 Å². The first-order valence-corrected chi connectivity index (χ1v) is 4.43. The van der Waals surface area contributed by atoms with Crippen molar-refractivity contribution >= 4 is 5.84 Å². The molecule has 1 fully saturated rings. The van der Waals surface area contributed by atoms with Crippen molar-refractivity contribution in [1.82, 2.24) is 10.6 Å². The zero-order valence-corrected chi connectivity index (χ0v) is 7.64. The SMILES string of the molecule is C=CNC(=NC)C1CCNCC1. The summed E-state index contributed by atoms with van der Waals surface area (Å²) in [6, 6.07) is 0. The lowest BCUT2D eigenvalue weighted by atomic mass is 9.97. The van der Waals surface area contributed by atoms with Crippen LogP contribution >= 0.6 is 0 Å². The van der Waals surface area contributed by atoms with Gasteiger partial charge in [-0.15, -0.1) is 0 Å². The van der Waals surface area contributed by atoms with Gasteiger partial charge in [-0.3, -0.25) is 4.99 Å². The topological polar surface area (TPSA) is 36.4 Å². The molecule has 0 spiro atoms. The number of hydrogen-bond donors (Lipinski definition) is 2. The summed E-state index contributed by atoms with van der Waals surface area (Å²) in [7, 11) is 1.83. The van der Waals surface area contributed by atoms with E-state index in [0.717, 1.165) is 18.9 Å². The highest BCUT2D eigenvalue weighted by Gasteiger charge is 2.17. The molecule has 68 valence electrons. The van der Waals surface area contributed by atoms with E-state index < -0.39 is 0 Å². The fourth-order valence-electron chi connectivity index (χ4n) is 1.56. The summed E-state index contributed by atoms with van der Waals surface area (Å²) in [6.45, 7) is 5.84. The van der Waals surface area contributed by atoms with Crippen molar-refractivity contribution in [3.63, 3.8) is 0 Å². The number of amidine groups is 1. The molecule has 0 saturated carbocycles. The van der Waals surface area contributed by atoms with Gasteiger partial charge in [0.15, 0.2) is 0 Å². The Balaban J connectivity index is 2.46. The molecular weight excluding hydrogens is 150 g/mol. The Hall–Kier alpha value is -0.830. The van der Waals surface area contributed by atoms with Crippen molar-refractivity contribution in [2.24, 2.45) is 10.9 Å². The largest absolute Gasteiger partial charge is 0.351 e. The van der Waals surface area contributed by atoms with Crippen molar-refractivity contribution in [3.05, 3.63) is 12.8 Å². The Labute approximate surface area is 74.0 Å². The van der Waals surface area contributed by atoms with Gasteiger partial charge in [0.05, 0.1) is 0 Å². The van der Waals surface area contributed by atoms with E-state index in [1.165, 1.54) is 12.8 Å². The van der Waals surface area contributed by atoms with Gasteiger partial charge >= 0.3 is 0 Å². The Morgan fingerprint density at radius 2 is 2.25 bits per heavy atom. The molecule has 0 aliphatic carbocycles. The first-order chi connectivity index (χ1) is 5.88. The van der Waals surface area contributed by atoms with Crippen LogP contribution in [0.4, 0.5) is 0 Å². The highest BCUT2D eigenvalue weighted by molar-refractivity contribution is 5.85. The van der Waals surface area contributed by atoms with Crippen LogP contribution < -0.4 is 10.6 Å². The molecule has 0 atom stereocenters. The van der Waals surface area contributed by atoms with Crippen LogP contribution in [-0.2, 0) is 0 Å². The van der Waals surface area contributed by atoms with Crippen molar-refractivity contribution < 1.29 is 0 Å². The lowest BCUT2D eigenvalue weighted by Crippen LogP contribution is -2.36. The van der Waals surface area contributed by atoms with E-state index in [1.807, 2.05) is 7.05 Å². The highest BCUT2D eigenvalue weighted by Crippen LogP contribution is 2.12. The predicted molar refractivity (Wildman–Crippen MR) is 52.3 cm³/mol. The number of aliphatic imine (C=N–C) groups is 1. The second-order valence-corrected chi connectivity index (χ2v) is 2.98. The van der Waals surface area contributed by atoms with Gasteiger partial charge in [0.25, 0.3) is 0 Å². The minimum Gasteiger partial charge on any atom is -0.351 e. The van der Waals surface area contributed by atoms with Gasteiger partial charge in [0.2, 0.25) is 0 Å². The summed E-state index contributed by atoms with van der Waals surface area (Å²) < 4.78 is 0. The monoisotopic (exact) mass is 167 g/mol. The highest BCUT2D eigenvalue weighted by atomic mass is 15.0. The molecule has 0 amide bonds. The zero-order valence-electron chi connectivity index (χ0n) is 7.64. The zero-order chi connectivity index (χ0) is 8.81. The summed E-state index contributed by atoms with van der Waals surface area (Å²) in [5.74, 6) is 1.67. The first kappa shape index (κ1) is 9.26. The second-order valence-electron chi connectivity index (χ2n) is 2.98. The molecule has 3 heteroatoms. The van der Waals surface area contributed by atoms with Crippen molar-refractivity contribution in [3.8, 4) is 0 Å². The van der Waals surface area contributed by atoms with Crippen molar-refractivity contribution in [1.29, 1.82) is 0 Å². The number of piperidine rings is 1. The quantitative estimate of drug-likeness (QED) is 0.470. The van der Waals surface area contributed by atoms with Crippen LogP contribution in [0.1, 0.15) is 12.8 Å². The summed E-state index contributed by atoms with van der Waals surface area (Å²) in [4.78, 5) is 4.21. The molecule has 0 aromatic rings. The van der Waals surface area contributed by atoms with Gasteiger partial charge in [-0.05, 0) is 32.1 Å². The number of rotatable bonds is 2. The molecule has 1 heterocycles. The van der Waals surface area contributed by atoms with Gasteiger partial charge < -0.3 is 10.6 Å². The molecule has 0 radical (unpaired) electrons. The Morgan fingerprint density at radius 1 is 1.58 bits per heavy atom. The standard InChI is InChI=1S/C9H17N3/c1-3-12-9(10-2)8-4-6-11-7-5-8/h3,8,11H,1,4-7H2,2H3,(H,10,12). The van der Waals surface area contributed by atoms with Gasteiger partial charge in [0, 0.05) is 13.0 Å². The van der Waals surface area contributed by atoms with Crippen LogP contribution in [0.2, 0.25) is 0 Å². The van der Waals surface area contributed by atoms with Crippen molar-refractivity contribution in [2.75, 3.05) is 20.1 Å². The molecule has 0 bridgehead atoms. The molecule has 3 nitrogen and oxygen atoms in total. The molecule has 1 aliphatic rings. The third-order valence-electron chi connectivity index (χ3n) is 2.22.